The first-order chi connectivity index (χ1) is 8.52. The molecule has 0 aliphatic rings. The Hall–Kier alpha value is -1.26. The minimum atomic E-state index is -0.838. The second kappa shape index (κ2) is 7.24. The van der Waals surface area contributed by atoms with Gasteiger partial charge in [-0.2, -0.15) is 0 Å². The number of rotatable bonds is 7. The van der Waals surface area contributed by atoms with Gasteiger partial charge in [0.15, 0.2) is 0 Å². The number of para-hydroxylation sites is 1. The predicted molar refractivity (Wildman–Crippen MR) is 71.0 cm³/mol. The fraction of sp³-hybridized carbons (Fsp3) is 0.462. The Labute approximate surface area is 112 Å². The van der Waals surface area contributed by atoms with Gasteiger partial charge in [-0.05, 0) is 37.9 Å². The summed E-state index contributed by atoms with van der Waals surface area (Å²) in [5.74, 6) is -0.312. The van der Waals surface area contributed by atoms with Crippen LogP contribution in [0.5, 0.6) is 5.75 Å². The second-order valence-corrected chi connectivity index (χ2v) is 4.70. The zero-order valence-electron chi connectivity index (χ0n) is 10.3. The molecule has 0 aromatic heterocycles. The van der Waals surface area contributed by atoms with Gasteiger partial charge >= 0.3 is 5.97 Å². The summed E-state index contributed by atoms with van der Waals surface area (Å²) in [5.41, 5.74) is 5.55. The van der Waals surface area contributed by atoms with Gasteiger partial charge in [0.05, 0.1) is 11.1 Å². The van der Waals surface area contributed by atoms with Crippen molar-refractivity contribution in [1.29, 1.82) is 0 Å². The maximum Gasteiger partial charge on any atom is 0.303 e. The summed E-state index contributed by atoms with van der Waals surface area (Å²) >= 11 is 5.98. The van der Waals surface area contributed by atoms with E-state index in [4.69, 9.17) is 27.2 Å². The topological polar surface area (TPSA) is 72.6 Å². The number of hydrogen-bond donors (Lipinski definition) is 2. The molecule has 18 heavy (non-hydrogen) atoms. The van der Waals surface area contributed by atoms with Crippen LogP contribution in [0.15, 0.2) is 24.3 Å². The van der Waals surface area contributed by atoms with E-state index in [-0.39, 0.29) is 18.4 Å². The van der Waals surface area contributed by atoms with E-state index in [0.717, 1.165) is 0 Å². The molecule has 0 fully saturated rings. The van der Waals surface area contributed by atoms with E-state index in [2.05, 4.69) is 0 Å². The lowest BCUT2D eigenvalue weighted by atomic mass is 9.99. The predicted octanol–water partition coefficient (Wildman–Crippen LogP) is 2.55. The van der Waals surface area contributed by atoms with Gasteiger partial charge in [-0.1, -0.05) is 23.7 Å². The molecule has 0 aliphatic carbocycles. The van der Waals surface area contributed by atoms with Crippen LogP contribution in [-0.2, 0) is 4.79 Å². The first kappa shape index (κ1) is 14.8. The van der Waals surface area contributed by atoms with Crippen LogP contribution < -0.4 is 10.5 Å². The Balaban J connectivity index is 2.52. The van der Waals surface area contributed by atoms with Crippen LogP contribution in [0.3, 0.4) is 0 Å². The van der Waals surface area contributed by atoms with Gasteiger partial charge in [-0.25, -0.2) is 0 Å². The van der Waals surface area contributed by atoms with Crippen LogP contribution >= 0.6 is 11.6 Å². The Morgan fingerprint density at radius 2 is 2.17 bits per heavy atom. The van der Waals surface area contributed by atoms with E-state index >= 15 is 0 Å². The molecule has 0 saturated carbocycles. The number of nitrogens with two attached hydrogens (primary N) is 1. The molecule has 1 rings (SSSR count). The smallest absolute Gasteiger partial charge is 0.303 e. The molecular formula is C13H18ClNO3. The van der Waals surface area contributed by atoms with Crippen molar-refractivity contribution in [3.05, 3.63) is 29.3 Å². The number of aliphatic carboxylic acids is 1. The van der Waals surface area contributed by atoms with Gasteiger partial charge in [0, 0.05) is 6.42 Å². The highest BCUT2D eigenvalue weighted by atomic mass is 35.5. The summed E-state index contributed by atoms with van der Waals surface area (Å²) in [6.07, 6.45) is 0.526. The molecule has 4 nitrogen and oxygen atoms in total. The van der Waals surface area contributed by atoms with Crippen molar-refractivity contribution >= 4 is 17.6 Å². The number of benzene rings is 1. The monoisotopic (exact) mass is 271 g/mol. The average Bonchev–Trinajstić information content (AvgIpc) is 2.30. The number of carbonyl (C=O) groups is 1. The maximum absolute atomic E-state index is 10.6. The molecule has 0 spiro atoms. The number of hydrogen-bond acceptors (Lipinski definition) is 3. The molecule has 0 bridgehead atoms. The van der Waals surface area contributed by atoms with Crippen molar-refractivity contribution in [3.8, 4) is 5.75 Å². The third kappa shape index (κ3) is 4.94. The second-order valence-electron chi connectivity index (χ2n) is 4.29. The molecule has 2 atom stereocenters. The number of halogens is 1. The molecule has 1 aromatic carbocycles. The molecule has 0 amide bonds. The standard InChI is InChI=1S/C13H18ClNO3/c1-9(6-10(8-15)7-13(16)17)18-12-5-3-2-4-11(12)14/h2-5,9-10H,6-8,15H2,1H3,(H,16,17)/t9-,10?/m0/s1. The number of carboxylic acid groups (broad SMARTS) is 1. The average molecular weight is 272 g/mol. The third-order valence-electron chi connectivity index (χ3n) is 2.63. The molecule has 5 heteroatoms. The molecule has 0 saturated heterocycles. The van der Waals surface area contributed by atoms with Crippen molar-refractivity contribution < 1.29 is 14.6 Å². The van der Waals surface area contributed by atoms with Crippen molar-refractivity contribution in [2.45, 2.75) is 25.9 Å². The molecule has 100 valence electrons. The van der Waals surface area contributed by atoms with Gasteiger partial charge in [-0.15, -0.1) is 0 Å². The van der Waals surface area contributed by atoms with Crippen LogP contribution in [0.1, 0.15) is 19.8 Å². The number of carboxylic acids is 1. The van der Waals surface area contributed by atoms with Crippen LogP contribution in [0.4, 0.5) is 0 Å². The summed E-state index contributed by atoms with van der Waals surface area (Å²) in [4.78, 5) is 10.6. The molecule has 0 heterocycles. The Bertz CT molecular complexity index is 398. The fourth-order valence-corrected chi connectivity index (χ4v) is 1.96. The fourth-order valence-electron chi connectivity index (χ4n) is 1.78. The SMILES string of the molecule is C[C@@H](CC(CN)CC(=O)O)Oc1ccccc1Cl. The highest BCUT2D eigenvalue weighted by Crippen LogP contribution is 2.25. The van der Waals surface area contributed by atoms with Crippen molar-refractivity contribution in [2.75, 3.05) is 6.54 Å². The highest BCUT2D eigenvalue weighted by molar-refractivity contribution is 6.32. The summed E-state index contributed by atoms with van der Waals surface area (Å²) in [5, 5.41) is 9.29. The van der Waals surface area contributed by atoms with E-state index in [1.54, 1.807) is 12.1 Å². The van der Waals surface area contributed by atoms with E-state index in [9.17, 15) is 4.79 Å². The lowest BCUT2D eigenvalue weighted by molar-refractivity contribution is -0.138. The minimum Gasteiger partial charge on any atom is -0.489 e. The lowest BCUT2D eigenvalue weighted by Crippen LogP contribution is -2.25. The van der Waals surface area contributed by atoms with Crippen molar-refractivity contribution in [3.63, 3.8) is 0 Å². The van der Waals surface area contributed by atoms with Gasteiger partial charge < -0.3 is 15.6 Å². The zero-order valence-corrected chi connectivity index (χ0v) is 11.1. The van der Waals surface area contributed by atoms with Gasteiger partial charge in [0.1, 0.15) is 5.75 Å². The molecule has 0 radical (unpaired) electrons. The van der Waals surface area contributed by atoms with Crippen molar-refractivity contribution in [1.82, 2.24) is 0 Å². The van der Waals surface area contributed by atoms with Crippen molar-refractivity contribution in [2.24, 2.45) is 11.7 Å². The normalized spacial score (nSPS) is 13.9. The van der Waals surface area contributed by atoms with Crippen LogP contribution in [0.2, 0.25) is 5.02 Å². The first-order valence-corrected chi connectivity index (χ1v) is 6.23. The van der Waals surface area contributed by atoms with E-state index in [0.29, 0.717) is 23.7 Å². The van der Waals surface area contributed by atoms with Crippen LogP contribution in [0.25, 0.3) is 0 Å². The third-order valence-corrected chi connectivity index (χ3v) is 2.94. The van der Waals surface area contributed by atoms with Gasteiger partial charge in [0.25, 0.3) is 0 Å². The van der Waals surface area contributed by atoms with E-state index in [1.165, 1.54) is 0 Å². The summed E-state index contributed by atoms with van der Waals surface area (Å²) in [7, 11) is 0. The first-order valence-electron chi connectivity index (χ1n) is 5.86. The van der Waals surface area contributed by atoms with Crippen LogP contribution in [0, 0.1) is 5.92 Å². The highest BCUT2D eigenvalue weighted by Gasteiger charge is 2.16. The Morgan fingerprint density at radius 1 is 1.50 bits per heavy atom. The summed E-state index contributed by atoms with van der Waals surface area (Å²) in [6, 6.07) is 7.20. The zero-order chi connectivity index (χ0) is 13.5. The quantitative estimate of drug-likeness (QED) is 0.799. The van der Waals surface area contributed by atoms with Gasteiger partial charge in [-0.3, -0.25) is 4.79 Å². The Kier molecular flexibility index (Phi) is 5.95. The summed E-state index contributed by atoms with van der Waals surface area (Å²) in [6.45, 7) is 2.22. The van der Waals surface area contributed by atoms with E-state index < -0.39 is 5.97 Å². The largest absolute Gasteiger partial charge is 0.489 e. The lowest BCUT2D eigenvalue weighted by Gasteiger charge is -2.20. The minimum absolute atomic E-state index is 0.0622. The maximum atomic E-state index is 10.6. The number of ether oxygens (including phenoxy) is 1. The molecule has 1 unspecified atom stereocenters. The molecular weight excluding hydrogens is 254 g/mol. The van der Waals surface area contributed by atoms with Gasteiger partial charge in [0.2, 0.25) is 0 Å². The molecule has 3 N–H and O–H groups in total. The molecule has 0 aliphatic heterocycles. The van der Waals surface area contributed by atoms with Crippen LogP contribution in [-0.4, -0.2) is 23.7 Å². The Morgan fingerprint density at radius 3 is 2.72 bits per heavy atom. The van der Waals surface area contributed by atoms with E-state index in [1.807, 2.05) is 19.1 Å². The summed E-state index contributed by atoms with van der Waals surface area (Å²) < 4.78 is 5.68. The molecule has 1 aromatic rings.